The Morgan fingerprint density at radius 2 is 2.05 bits per heavy atom. The summed E-state index contributed by atoms with van der Waals surface area (Å²) in [5.74, 6) is 4.85. The first-order valence-corrected chi connectivity index (χ1v) is 6.28. The SMILES string of the molecule is NNC(=O)c1cccc(Cn2ncc3ccccc32)c1. The van der Waals surface area contributed by atoms with Crippen LogP contribution in [0.5, 0.6) is 0 Å². The molecule has 5 heteroatoms. The number of fused-ring (bicyclic) bond motifs is 1. The summed E-state index contributed by atoms with van der Waals surface area (Å²) in [6.07, 6.45) is 1.84. The third kappa shape index (κ3) is 2.26. The summed E-state index contributed by atoms with van der Waals surface area (Å²) in [7, 11) is 0. The molecule has 100 valence electrons. The normalized spacial score (nSPS) is 10.7. The molecule has 1 amide bonds. The molecular weight excluding hydrogens is 252 g/mol. The number of hydrazine groups is 1. The predicted octanol–water partition coefficient (Wildman–Crippen LogP) is 1.69. The Labute approximate surface area is 116 Å². The molecule has 0 unspecified atom stereocenters. The summed E-state index contributed by atoms with van der Waals surface area (Å²) >= 11 is 0. The van der Waals surface area contributed by atoms with E-state index in [0.717, 1.165) is 16.5 Å². The molecular formula is C15H14N4O. The fraction of sp³-hybridized carbons (Fsp3) is 0.0667. The molecule has 3 rings (SSSR count). The summed E-state index contributed by atoms with van der Waals surface area (Å²) in [6.45, 7) is 0.610. The number of carbonyl (C=O) groups is 1. The first kappa shape index (κ1) is 12.4. The molecule has 0 saturated carbocycles. The molecule has 1 heterocycles. The minimum atomic E-state index is -0.294. The van der Waals surface area contributed by atoms with Crippen LogP contribution in [0.4, 0.5) is 0 Å². The fourth-order valence-corrected chi connectivity index (χ4v) is 2.22. The predicted molar refractivity (Wildman–Crippen MR) is 76.9 cm³/mol. The number of nitrogen functional groups attached to an aromatic ring is 1. The van der Waals surface area contributed by atoms with Gasteiger partial charge < -0.3 is 0 Å². The zero-order chi connectivity index (χ0) is 13.9. The molecule has 0 bridgehead atoms. The van der Waals surface area contributed by atoms with Gasteiger partial charge in [0.25, 0.3) is 5.91 Å². The lowest BCUT2D eigenvalue weighted by molar-refractivity contribution is 0.0953. The van der Waals surface area contributed by atoms with Gasteiger partial charge in [-0.1, -0.05) is 30.3 Å². The van der Waals surface area contributed by atoms with Crippen molar-refractivity contribution in [2.24, 2.45) is 5.84 Å². The van der Waals surface area contributed by atoms with Crippen molar-refractivity contribution in [3.05, 3.63) is 65.9 Å². The van der Waals surface area contributed by atoms with Crippen LogP contribution in [0.2, 0.25) is 0 Å². The fourth-order valence-electron chi connectivity index (χ4n) is 2.22. The van der Waals surface area contributed by atoms with Crippen LogP contribution < -0.4 is 11.3 Å². The Morgan fingerprint density at radius 1 is 1.20 bits per heavy atom. The second-order valence-electron chi connectivity index (χ2n) is 4.53. The van der Waals surface area contributed by atoms with Gasteiger partial charge in [0.2, 0.25) is 0 Å². The molecule has 0 atom stereocenters. The molecule has 0 saturated heterocycles. The van der Waals surface area contributed by atoms with Gasteiger partial charge in [0.1, 0.15) is 0 Å². The van der Waals surface area contributed by atoms with E-state index in [1.807, 2.05) is 53.3 Å². The molecule has 0 fully saturated rings. The highest BCUT2D eigenvalue weighted by molar-refractivity contribution is 5.93. The smallest absolute Gasteiger partial charge is 0.265 e. The van der Waals surface area contributed by atoms with Crippen molar-refractivity contribution in [3.8, 4) is 0 Å². The van der Waals surface area contributed by atoms with Crippen molar-refractivity contribution in [2.45, 2.75) is 6.54 Å². The van der Waals surface area contributed by atoms with E-state index >= 15 is 0 Å². The summed E-state index contributed by atoms with van der Waals surface area (Å²) in [5.41, 5.74) is 4.75. The number of nitrogens with one attached hydrogen (secondary N) is 1. The van der Waals surface area contributed by atoms with E-state index in [0.29, 0.717) is 12.1 Å². The van der Waals surface area contributed by atoms with Gasteiger partial charge in [0, 0.05) is 10.9 Å². The highest BCUT2D eigenvalue weighted by Crippen LogP contribution is 2.15. The molecule has 0 spiro atoms. The van der Waals surface area contributed by atoms with Crippen LogP contribution in [0.3, 0.4) is 0 Å². The van der Waals surface area contributed by atoms with Crippen molar-refractivity contribution in [1.29, 1.82) is 0 Å². The summed E-state index contributed by atoms with van der Waals surface area (Å²) < 4.78 is 1.91. The van der Waals surface area contributed by atoms with Crippen LogP contribution in [-0.2, 0) is 6.54 Å². The van der Waals surface area contributed by atoms with Crippen LogP contribution >= 0.6 is 0 Å². The van der Waals surface area contributed by atoms with Gasteiger partial charge in [-0.3, -0.25) is 14.9 Å². The second-order valence-corrected chi connectivity index (χ2v) is 4.53. The Morgan fingerprint density at radius 3 is 2.90 bits per heavy atom. The van der Waals surface area contributed by atoms with E-state index in [4.69, 9.17) is 5.84 Å². The Kier molecular flexibility index (Phi) is 3.18. The number of rotatable bonds is 3. The maximum Gasteiger partial charge on any atom is 0.265 e. The molecule has 1 aromatic heterocycles. The maximum absolute atomic E-state index is 11.5. The van der Waals surface area contributed by atoms with E-state index in [1.54, 1.807) is 6.07 Å². The monoisotopic (exact) mass is 266 g/mol. The maximum atomic E-state index is 11.5. The van der Waals surface area contributed by atoms with Gasteiger partial charge >= 0.3 is 0 Å². The van der Waals surface area contributed by atoms with Crippen molar-refractivity contribution >= 4 is 16.8 Å². The number of hydrogen-bond acceptors (Lipinski definition) is 3. The van der Waals surface area contributed by atoms with Crippen molar-refractivity contribution in [2.75, 3.05) is 0 Å². The van der Waals surface area contributed by atoms with Gasteiger partial charge in [-0.05, 0) is 23.8 Å². The number of benzene rings is 2. The second kappa shape index (κ2) is 5.14. The van der Waals surface area contributed by atoms with E-state index in [1.165, 1.54) is 0 Å². The van der Waals surface area contributed by atoms with E-state index < -0.39 is 0 Å². The Bertz CT molecular complexity index is 763. The van der Waals surface area contributed by atoms with E-state index in [9.17, 15) is 4.79 Å². The minimum absolute atomic E-state index is 0.294. The largest absolute Gasteiger partial charge is 0.290 e. The molecule has 0 aliphatic carbocycles. The van der Waals surface area contributed by atoms with Crippen LogP contribution in [-0.4, -0.2) is 15.7 Å². The zero-order valence-electron chi connectivity index (χ0n) is 10.8. The average Bonchev–Trinajstić information content (AvgIpc) is 2.90. The number of para-hydroxylation sites is 1. The molecule has 0 radical (unpaired) electrons. The number of aromatic nitrogens is 2. The molecule has 2 aromatic carbocycles. The van der Waals surface area contributed by atoms with Gasteiger partial charge in [-0.2, -0.15) is 5.10 Å². The standard InChI is InChI=1S/C15H14N4O/c16-18-15(20)12-6-3-4-11(8-12)10-19-14-7-2-1-5-13(14)9-17-19/h1-9H,10,16H2,(H,18,20). The van der Waals surface area contributed by atoms with Gasteiger partial charge in [0.15, 0.2) is 0 Å². The number of amides is 1. The molecule has 0 aliphatic heterocycles. The van der Waals surface area contributed by atoms with Crippen LogP contribution in [0.15, 0.2) is 54.7 Å². The summed E-state index contributed by atoms with van der Waals surface area (Å²) in [6, 6.07) is 15.4. The minimum Gasteiger partial charge on any atom is -0.290 e. The van der Waals surface area contributed by atoms with Crippen molar-refractivity contribution in [1.82, 2.24) is 15.2 Å². The lowest BCUT2D eigenvalue weighted by atomic mass is 10.1. The zero-order valence-corrected chi connectivity index (χ0v) is 10.8. The van der Waals surface area contributed by atoms with Crippen molar-refractivity contribution in [3.63, 3.8) is 0 Å². The van der Waals surface area contributed by atoms with Crippen LogP contribution in [0, 0.1) is 0 Å². The number of carbonyl (C=O) groups excluding carboxylic acids is 1. The van der Waals surface area contributed by atoms with Gasteiger partial charge in [-0.25, -0.2) is 5.84 Å². The third-order valence-corrected chi connectivity index (χ3v) is 3.20. The topological polar surface area (TPSA) is 72.9 Å². The molecule has 20 heavy (non-hydrogen) atoms. The van der Waals surface area contributed by atoms with Gasteiger partial charge in [0.05, 0.1) is 18.3 Å². The molecule has 5 nitrogen and oxygen atoms in total. The van der Waals surface area contributed by atoms with Crippen LogP contribution in [0.1, 0.15) is 15.9 Å². The number of nitrogens with zero attached hydrogens (tertiary/aromatic N) is 2. The third-order valence-electron chi connectivity index (χ3n) is 3.20. The quantitative estimate of drug-likeness (QED) is 0.430. The van der Waals surface area contributed by atoms with E-state index in [2.05, 4.69) is 10.5 Å². The summed E-state index contributed by atoms with van der Waals surface area (Å²) in [5, 5.41) is 5.48. The molecule has 0 aliphatic rings. The van der Waals surface area contributed by atoms with Crippen molar-refractivity contribution < 1.29 is 4.79 Å². The first-order chi connectivity index (χ1) is 9.78. The number of hydrogen-bond donors (Lipinski definition) is 2. The lowest BCUT2D eigenvalue weighted by Gasteiger charge is -2.06. The molecule has 3 N–H and O–H groups in total. The lowest BCUT2D eigenvalue weighted by Crippen LogP contribution is -2.30. The highest BCUT2D eigenvalue weighted by Gasteiger charge is 2.06. The highest BCUT2D eigenvalue weighted by atomic mass is 16.2. The average molecular weight is 266 g/mol. The number of nitrogens with two attached hydrogens (primary N) is 1. The van der Waals surface area contributed by atoms with E-state index in [-0.39, 0.29) is 5.91 Å². The van der Waals surface area contributed by atoms with Crippen LogP contribution in [0.25, 0.3) is 10.9 Å². The van der Waals surface area contributed by atoms with Gasteiger partial charge in [-0.15, -0.1) is 0 Å². The first-order valence-electron chi connectivity index (χ1n) is 6.28. The summed E-state index contributed by atoms with van der Waals surface area (Å²) in [4.78, 5) is 11.5. The Balaban J connectivity index is 1.93. The molecule has 3 aromatic rings. The Hall–Kier alpha value is -2.66.